The molecule has 2 bridgehead atoms. The molecule has 148 valence electrons. The Bertz CT molecular complexity index is 587. The molecule has 1 spiro atoms. The summed E-state index contributed by atoms with van der Waals surface area (Å²) >= 11 is 0. The molecule has 0 aliphatic heterocycles. The van der Waals surface area contributed by atoms with Crippen LogP contribution in [-0.2, 0) is 9.53 Å². The second-order valence-electron chi connectivity index (χ2n) is 10.7. The molecule has 0 aromatic carbocycles. The van der Waals surface area contributed by atoms with Gasteiger partial charge in [0.25, 0.3) is 0 Å². The average molecular weight is 365 g/mol. The van der Waals surface area contributed by atoms with Crippen LogP contribution in [0.5, 0.6) is 0 Å². The van der Waals surface area contributed by atoms with Gasteiger partial charge in [-0.3, -0.25) is 4.79 Å². The Morgan fingerprint density at radius 2 is 1.81 bits per heavy atom. The Kier molecular flexibility index (Phi) is 4.28. The molecule has 4 rings (SSSR count). The van der Waals surface area contributed by atoms with Gasteiger partial charge in [-0.05, 0) is 74.0 Å². The third-order valence-electron chi connectivity index (χ3n) is 9.48. The molecule has 4 nitrogen and oxygen atoms in total. The first-order valence-electron chi connectivity index (χ1n) is 10.6. The topological polar surface area (TPSA) is 66.8 Å². The van der Waals surface area contributed by atoms with Gasteiger partial charge in [0.2, 0.25) is 0 Å². The molecule has 0 aromatic heterocycles. The molecule has 0 radical (unpaired) electrons. The monoisotopic (exact) mass is 364 g/mol. The van der Waals surface area contributed by atoms with Crippen molar-refractivity contribution in [3.05, 3.63) is 0 Å². The maximum atomic E-state index is 11.5. The molecule has 2 N–H and O–H groups in total. The number of carbonyl (C=O) groups is 1. The Morgan fingerprint density at radius 1 is 1.08 bits per heavy atom. The molecule has 0 saturated heterocycles. The van der Waals surface area contributed by atoms with Crippen molar-refractivity contribution in [2.75, 3.05) is 6.61 Å². The van der Waals surface area contributed by atoms with Gasteiger partial charge in [-0.2, -0.15) is 0 Å². The minimum atomic E-state index is -0.472. The SMILES string of the molecule is CC(=O)OC[C@]1(C)[C@H]2C[C@H](O)C34C[C@H](CC[C@H]3[C@]2(C)CC[C@H]1O)[C@@H](C)C4. The summed E-state index contributed by atoms with van der Waals surface area (Å²) in [6.45, 7) is 8.56. The second kappa shape index (κ2) is 5.94. The average Bonchev–Trinajstić information content (AvgIpc) is 2.83. The number of carbonyl (C=O) groups excluding carboxylic acids is 1. The van der Waals surface area contributed by atoms with Crippen LogP contribution in [0, 0.1) is 39.9 Å². The quantitative estimate of drug-likeness (QED) is 0.736. The van der Waals surface area contributed by atoms with Gasteiger partial charge in [-0.1, -0.05) is 20.8 Å². The van der Waals surface area contributed by atoms with Gasteiger partial charge in [0.05, 0.1) is 18.8 Å². The van der Waals surface area contributed by atoms with E-state index in [0.29, 0.717) is 5.92 Å². The largest absolute Gasteiger partial charge is 0.465 e. The van der Waals surface area contributed by atoms with Crippen molar-refractivity contribution in [3.63, 3.8) is 0 Å². The van der Waals surface area contributed by atoms with Crippen molar-refractivity contribution in [2.24, 2.45) is 39.9 Å². The number of aliphatic hydroxyl groups is 2. The van der Waals surface area contributed by atoms with Gasteiger partial charge in [-0.15, -0.1) is 0 Å². The summed E-state index contributed by atoms with van der Waals surface area (Å²) in [7, 11) is 0. The Balaban J connectivity index is 1.71. The Labute approximate surface area is 157 Å². The molecule has 26 heavy (non-hydrogen) atoms. The highest BCUT2D eigenvalue weighted by molar-refractivity contribution is 5.65. The van der Waals surface area contributed by atoms with Crippen LogP contribution in [0.25, 0.3) is 0 Å². The van der Waals surface area contributed by atoms with Crippen LogP contribution < -0.4 is 0 Å². The van der Waals surface area contributed by atoms with Gasteiger partial charge in [0, 0.05) is 17.8 Å². The minimum Gasteiger partial charge on any atom is -0.465 e. The molecular formula is C22H36O4. The van der Waals surface area contributed by atoms with Gasteiger partial charge in [0.1, 0.15) is 0 Å². The van der Waals surface area contributed by atoms with Crippen molar-refractivity contribution < 1.29 is 19.7 Å². The summed E-state index contributed by atoms with van der Waals surface area (Å²) in [6.07, 6.45) is 6.60. The number of hydrogen-bond acceptors (Lipinski definition) is 4. The Hall–Kier alpha value is -0.610. The summed E-state index contributed by atoms with van der Waals surface area (Å²) < 4.78 is 5.42. The van der Waals surface area contributed by atoms with Gasteiger partial charge in [0.15, 0.2) is 0 Å². The number of aliphatic hydroxyl groups excluding tert-OH is 2. The third kappa shape index (κ3) is 2.37. The Morgan fingerprint density at radius 3 is 2.50 bits per heavy atom. The lowest BCUT2D eigenvalue weighted by Gasteiger charge is -2.66. The first-order valence-corrected chi connectivity index (χ1v) is 10.6. The van der Waals surface area contributed by atoms with Crippen molar-refractivity contribution in [3.8, 4) is 0 Å². The molecular weight excluding hydrogens is 328 g/mol. The lowest BCUT2D eigenvalue weighted by molar-refractivity contribution is -0.232. The zero-order valence-electron chi connectivity index (χ0n) is 16.8. The summed E-state index contributed by atoms with van der Waals surface area (Å²) in [5.74, 6) is 1.92. The first kappa shape index (κ1) is 18.7. The molecule has 4 aliphatic rings. The number of hydrogen-bond donors (Lipinski definition) is 2. The maximum Gasteiger partial charge on any atom is 0.302 e. The van der Waals surface area contributed by atoms with E-state index < -0.39 is 11.5 Å². The van der Waals surface area contributed by atoms with Crippen molar-refractivity contribution in [1.82, 2.24) is 0 Å². The fourth-order valence-corrected chi connectivity index (χ4v) is 8.17. The molecule has 0 heterocycles. The number of ether oxygens (including phenoxy) is 1. The van der Waals surface area contributed by atoms with E-state index in [-0.39, 0.29) is 35.4 Å². The zero-order chi connectivity index (χ0) is 18.9. The van der Waals surface area contributed by atoms with Crippen LogP contribution in [0.2, 0.25) is 0 Å². The predicted octanol–water partition coefficient (Wildman–Crippen LogP) is 3.54. The summed E-state index contributed by atoms with van der Waals surface area (Å²) in [6, 6.07) is 0. The maximum absolute atomic E-state index is 11.5. The van der Waals surface area contributed by atoms with E-state index >= 15 is 0 Å². The summed E-state index contributed by atoms with van der Waals surface area (Å²) in [4.78, 5) is 11.5. The fraction of sp³-hybridized carbons (Fsp3) is 0.955. The lowest BCUT2D eigenvalue weighted by Crippen LogP contribution is -2.65. The van der Waals surface area contributed by atoms with Crippen LogP contribution in [0.15, 0.2) is 0 Å². The smallest absolute Gasteiger partial charge is 0.302 e. The van der Waals surface area contributed by atoms with Gasteiger partial charge >= 0.3 is 5.97 Å². The van der Waals surface area contributed by atoms with E-state index in [0.717, 1.165) is 37.5 Å². The highest BCUT2D eigenvalue weighted by Crippen LogP contribution is 2.72. The third-order valence-corrected chi connectivity index (χ3v) is 9.48. The van der Waals surface area contributed by atoms with Crippen LogP contribution in [0.4, 0.5) is 0 Å². The van der Waals surface area contributed by atoms with Gasteiger partial charge < -0.3 is 14.9 Å². The first-order chi connectivity index (χ1) is 12.1. The minimum absolute atomic E-state index is 0.0816. The number of rotatable bonds is 2. The molecule has 4 saturated carbocycles. The van der Waals surface area contributed by atoms with Crippen LogP contribution in [0.1, 0.15) is 72.6 Å². The molecule has 0 amide bonds. The van der Waals surface area contributed by atoms with E-state index in [4.69, 9.17) is 4.74 Å². The highest BCUT2D eigenvalue weighted by Gasteiger charge is 2.68. The molecule has 4 aliphatic carbocycles. The van der Waals surface area contributed by atoms with E-state index in [1.54, 1.807) is 0 Å². The van der Waals surface area contributed by atoms with E-state index in [9.17, 15) is 15.0 Å². The van der Waals surface area contributed by atoms with Gasteiger partial charge in [-0.25, -0.2) is 0 Å². The molecule has 0 aromatic rings. The molecule has 4 fully saturated rings. The lowest BCUT2D eigenvalue weighted by atomic mass is 9.40. The van der Waals surface area contributed by atoms with Crippen molar-refractivity contribution in [1.29, 1.82) is 0 Å². The van der Waals surface area contributed by atoms with Crippen LogP contribution in [-0.4, -0.2) is 35.0 Å². The zero-order valence-corrected chi connectivity index (χ0v) is 16.8. The standard InChI is InChI=1S/C22H36O4/c1-13-10-22-11-15(13)5-6-16(22)20(3)8-7-18(24)21(4,12-26-14(2)23)17(20)9-19(22)25/h13,15-19,24-25H,5-12H2,1-4H3/t13-,15-,16-,17-,18+,19-,20-,21+,22?/m0/s1. The fourth-order valence-electron chi connectivity index (χ4n) is 8.17. The second-order valence-corrected chi connectivity index (χ2v) is 10.7. The van der Waals surface area contributed by atoms with Crippen LogP contribution in [0.3, 0.4) is 0 Å². The molecule has 4 heteroatoms. The summed E-state index contributed by atoms with van der Waals surface area (Å²) in [5.41, 5.74) is -0.275. The summed E-state index contributed by atoms with van der Waals surface area (Å²) in [5, 5.41) is 22.2. The van der Waals surface area contributed by atoms with Crippen molar-refractivity contribution >= 4 is 5.97 Å². The number of esters is 1. The van der Waals surface area contributed by atoms with Crippen molar-refractivity contribution in [2.45, 2.75) is 84.8 Å². The van der Waals surface area contributed by atoms with E-state index in [2.05, 4.69) is 20.8 Å². The normalized spacial score (nSPS) is 55.8. The molecule has 9 atom stereocenters. The number of fused-ring (bicyclic) bond motifs is 3. The highest BCUT2D eigenvalue weighted by atomic mass is 16.5. The van der Waals surface area contributed by atoms with E-state index in [1.807, 2.05) is 0 Å². The van der Waals surface area contributed by atoms with E-state index in [1.165, 1.54) is 26.2 Å². The molecule has 1 unspecified atom stereocenters. The predicted molar refractivity (Wildman–Crippen MR) is 99.2 cm³/mol. The van der Waals surface area contributed by atoms with Crippen LogP contribution >= 0.6 is 0 Å².